The topological polar surface area (TPSA) is 66.8 Å². The van der Waals surface area contributed by atoms with Crippen LogP contribution in [0, 0.1) is 0 Å². The van der Waals surface area contributed by atoms with E-state index in [1.54, 1.807) is 0 Å². The van der Waals surface area contributed by atoms with Crippen molar-refractivity contribution in [2.75, 3.05) is 6.54 Å². The third-order valence-corrected chi connectivity index (χ3v) is 5.53. The maximum atomic E-state index is 12.7. The summed E-state index contributed by atoms with van der Waals surface area (Å²) < 4.78 is 5.72. The first-order chi connectivity index (χ1) is 11.1. The van der Waals surface area contributed by atoms with Crippen LogP contribution in [0.3, 0.4) is 0 Å². The molecule has 0 radical (unpaired) electrons. The predicted octanol–water partition coefficient (Wildman–Crippen LogP) is 3.00. The van der Waals surface area contributed by atoms with Crippen molar-refractivity contribution in [3.8, 4) is 16.2 Å². The van der Waals surface area contributed by atoms with E-state index in [-0.39, 0.29) is 5.91 Å². The smallest absolute Gasteiger partial charge is 0.326 e. The van der Waals surface area contributed by atoms with Crippen LogP contribution in [0.2, 0.25) is 0 Å². The summed E-state index contributed by atoms with van der Waals surface area (Å²) in [7, 11) is 0. The molecule has 4 rings (SSSR count). The number of carbonyl (C=O) groups excluding carboxylic acids is 1. The Labute approximate surface area is 137 Å². The molecular weight excluding hydrogens is 314 g/mol. The van der Waals surface area contributed by atoms with Crippen molar-refractivity contribution in [1.82, 2.24) is 4.90 Å². The Hall–Kier alpha value is -2.34. The SMILES string of the molecule is O=C(O)[C@H]1CCCN1C(=O)c1cc2c(s1)-c1ccccc1OC2. The standard InChI is InChI=1S/C17H15NO4S/c19-16(18-7-3-5-12(18)17(20)21)14-8-10-9-22-13-6-2-1-4-11(13)15(10)23-14/h1-2,4,6,8,12H,3,5,7,9H2,(H,20,21)/t12-/m1/s1. The molecule has 2 aliphatic heterocycles. The van der Waals surface area contributed by atoms with E-state index in [4.69, 9.17) is 4.74 Å². The van der Waals surface area contributed by atoms with E-state index in [1.165, 1.54) is 16.2 Å². The number of likely N-dealkylation sites (tertiary alicyclic amines) is 1. The number of hydrogen-bond donors (Lipinski definition) is 1. The second-order valence-electron chi connectivity index (χ2n) is 5.74. The predicted molar refractivity (Wildman–Crippen MR) is 85.8 cm³/mol. The number of ether oxygens (including phenoxy) is 1. The summed E-state index contributed by atoms with van der Waals surface area (Å²) >= 11 is 1.42. The highest BCUT2D eigenvalue weighted by atomic mass is 32.1. The zero-order valence-electron chi connectivity index (χ0n) is 12.3. The summed E-state index contributed by atoms with van der Waals surface area (Å²) in [5.41, 5.74) is 1.98. The molecule has 118 valence electrons. The van der Waals surface area contributed by atoms with Gasteiger partial charge >= 0.3 is 5.97 Å². The second kappa shape index (κ2) is 5.38. The summed E-state index contributed by atoms with van der Waals surface area (Å²) in [6, 6.07) is 8.90. The monoisotopic (exact) mass is 329 g/mol. The first kappa shape index (κ1) is 14.3. The highest BCUT2D eigenvalue weighted by Gasteiger charge is 2.35. The second-order valence-corrected chi connectivity index (χ2v) is 6.80. The van der Waals surface area contributed by atoms with Crippen LogP contribution in [0.4, 0.5) is 0 Å². The van der Waals surface area contributed by atoms with Gasteiger partial charge in [-0.3, -0.25) is 4.79 Å². The Balaban J connectivity index is 1.69. The van der Waals surface area contributed by atoms with Gasteiger partial charge < -0.3 is 14.7 Å². The molecule has 0 unspecified atom stereocenters. The number of carbonyl (C=O) groups is 2. The van der Waals surface area contributed by atoms with Gasteiger partial charge in [0.1, 0.15) is 18.4 Å². The number of hydrogen-bond acceptors (Lipinski definition) is 4. The third-order valence-electron chi connectivity index (χ3n) is 4.33. The molecule has 1 saturated heterocycles. The summed E-state index contributed by atoms with van der Waals surface area (Å²) in [6.45, 7) is 0.948. The molecule has 1 atom stereocenters. The molecule has 23 heavy (non-hydrogen) atoms. The maximum Gasteiger partial charge on any atom is 0.326 e. The van der Waals surface area contributed by atoms with Crippen LogP contribution in [0.1, 0.15) is 28.1 Å². The molecule has 3 heterocycles. The van der Waals surface area contributed by atoms with Crippen LogP contribution in [0.5, 0.6) is 5.75 Å². The van der Waals surface area contributed by atoms with Gasteiger partial charge in [0.15, 0.2) is 0 Å². The molecule has 1 amide bonds. The van der Waals surface area contributed by atoms with Crippen LogP contribution in [-0.4, -0.2) is 34.5 Å². The summed E-state index contributed by atoms with van der Waals surface area (Å²) in [5.74, 6) is -0.289. The van der Waals surface area contributed by atoms with Gasteiger partial charge in [0.2, 0.25) is 0 Å². The van der Waals surface area contributed by atoms with Gasteiger partial charge in [-0.15, -0.1) is 11.3 Å². The molecule has 2 aliphatic rings. The Morgan fingerprint density at radius 1 is 1.30 bits per heavy atom. The van der Waals surface area contributed by atoms with Gasteiger partial charge in [-0.25, -0.2) is 4.79 Å². The molecule has 0 bridgehead atoms. The highest BCUT2D eigenvalue weighted by Crippen LogP contribution is 2.42. The van der Waals surface area contributed by atoms with Crippen LogP contribution < -0.4 is 4.74 Å². The number of aliphatic carboxylic acids is 1. The molecule has 0 saturated carbocycles. The van der Waals surface area contributed by atoms with E-state index in [0.29, 0.717) is 24.4 Å². The van der Waals surface area contributed by atoms with E-state index in [9.17, 15) is 14.7 Å². The first-order valence-corrected chi connectivity index (χ1v) is 8.35. The van der Waals surface area contributed by atoms with Gasteiger partial charge in [0, 0.05) is 22.5 Å². The number of carboxylic acids is 1. The lowest BCUT2D eigenvalue weighted by Gasteiger charge is -2.20. The molecular formula is C17H15NO4S. The average Bonchev–Trinajstić information content (AvgIpc) is 3.21. The van der Waals surface area contributed by atoms with Crippen molar-refractivity contribution in [3.05, 3.63) is 40.8 Å². The number of carboxylic acid groups (broad SMARTS) is 1. The lowest BCUT2D eigenvalue weighted by atomic mass is 10.1. The van der Waals surface area contributed by atoms with Crippen molar-refractivity contribution in [2.45, 2.75) is 25.5 Å². The minimum Gasteiger partial charge on any atom is -0.488 e. The number of rotatable bonds is 2. The molecule has 1 aromatic heterocycles. The molecule has 2 aromatic rings. The largest absolute Gasteiger partial charge is 0.488 e. The Morgan fingerprint density at radius 2 is 2.13 bits per heavy atom. The molecule has 1 aromatic carbocycles. The van der Waals surface area contributed by atoms with Crippen LogP contribution in [-0.2, 0) is 11.4 Å². The minimum absolute atomic E-state index is 0.188. The average molecular weight is 329 g/mol. The fraction of sp³-hybridized carbons (Fsp3) is 0.294. The quantitative estimate of drug-likeness (QED) is 0.920. The first-order valence-electron chi connectivity index (χ1n) is 7.54. The van der Waals surface area contributed by atoms with Crippen LogP contribution in [0.15, 0.2) is 30.3 Å². The van der Waals surface area contributed by atoms with Gasteiger partial charge in [-0.2, -0.15) is 0 Å². The number of fused-ring (bicyclic) bond motifs is 3. The van der Waals surface area contributed by atoms with Crippen molar-refractivity contribution in [2.24, 2.45) is 0 Å². The number of amides is 1. The Morgan fingerprint density at radius 3 is 2.96 bits per heavy atom. The summed E-state index contributed by atoms with van der Waals surface area (Å²) in [6.07, 6.45) is 1.26. The van der Waals surface area contributed by atoms with Gasteiger partial charge in [-0.05, 0) is 31.0 Å². The van der Waals surface area contributed by atoms with Crippen LogP contribution in [0.25, 0.3) is 10.4 Å². The zero-order chi connectivity index (χ0) is 16.0. The number of para-hydroxylation sites is 1. The molecule has 1 fully saturated rings. The van der Waals surface area contributed by atoms with Crippen molar-refractivity contribution < 1.29 is 19.4 Å². The maximum absolute atomic E-state index is 12.7. The fourth-order valence-corrected chi connectivity index (χ4v) is 4.37. The van der Waals surface area contributed by atoms with E-state index in [0.717, 1.165) is 28.2 Å². The molecule has 1 N–H and O–H groups in total. The fourth-order valence-electron chi connectivity index (χ4n) is 3.21. The van der Waals surface area contributed by atoms with E-state index >= 15 is 0 Å². The van der Waals surface area contributed by atoms with Crippen LogP contribution >= 0.6 is 11.3 Å². The third kappa shape index (κ3) is 2.30. The zero-order valence-corrected chi connectivity index (χ0v) is 13.1. The molecule has 5 nitrogen and oxygen atoms in total. The number of nitrogens with zero attached hydrogens (tertiary/aromatic N) is 1. The Kier molecular flexibility index (Phi) is 3.34. The van der Waals surface area contributed by atoms with E-state index in [1.807, 2.05) is 30.3 Å². The van der Waals surface area contributed by atoms with Crippen molar-refractivity contribution in [3.63, 3.8) is 0 Å². The number of thiophene rings is 1. The van der Waals surface area contributed by atoms with Gasteiger partial charge in [-0.1, -0.05) is 12.1 Å². The highest BCUT2D eigenvalue weighted by molar-refractivity contribution is 7.17. The van der Waals surface area contributed by atoms with Gasteiger partial charge in [0.25, 0.3) is 5.91 Å². The number of benzene rings is 1. The summed E-state index contributed by atoms with van der Waals surface area (Å²) in [4.78, 5) is 27.1. The van der Waals surface area contributed by atoms with Crippen molar-refractivity contribution in [1.29, 1.82) is 0 Å². The summed E-state index contributed by atoms with van der Waals surface area (Å²) in [5, 5.41) is 9.26. The van der Waals surface area contributed by atoms with Gasteiger partial charge in [0.05, 0.1) is 4.88 Å². The molecule has 0 aliphatic carbocycles. The minimum atomic E-state index is -0.925. The lowest BCUT2D eigenvalue weighted by molar-refractivity contribution is -0.141. The van der Waals surface area contributed by atoms with E-state index in [2.05, 4.69) is 0 Å². The van der Waals surface area contributed by atoms with E-state index < -0.39 is 12.0 Å². The lowest BCUT2D eigenvalue weighted by Crippen LogP contribution is -2.40. The molecule has 0 spiro atoms. The normalized spacial score (nSPS) is 19.0. The Bertz CT molecular complexity index is 798. The van der Waals surface area contributed by atoms with Crippen molar-refractivity contribution >= 4 is 23.2 Å². The molecule has 6 heteroatoms.